The molecule has 2 N–H and O–H groups in total. The molecule has 7 heteroatoms. The van der Waals surface area contributed by atoms with E-state index in [9.17, 15) is 14.0 Å². The summed E-state index contributed by atoms with van der Waals surface area (Å²) in [7, 11) is 0. The molecule has 0 radical (unpaired) electrons. The molecule has 0 fully saturated rings. The van der Waals surface area contributed by atoms with Crippen LogP contribution in [0.2, 0.25) is 0 Å². The molecule has 0 amide bonds. The Labute approximate surface area is 105 Å². The first kappa shape index (κ1) is 12.4. The number of aromatic nitrogens is 2. The van der Waals surface area contributed by atoms with Gasteiger partial charge in [-0.3, -0.25) is 9.89 Å². The van der Waals surface area contributed by atoms with Crippen LogP contribution in [-0.2, 0) is 0 Å². The predicted molar refractivity (Wildman–Crippen MR) is 61.9 cm³/mol. The molecule has 2 aromatic rings. The lowest BCUT2D eigenvalue weighted by molar-refractivity contribution is 0.0687. The molecule has 0 aliphatic carbocycles. The molecule has 19 heavy (non-hydrogen) atoms. The fourth-order valence-corrected chi connectivity index (χ4v) is 1.57. The number of nitriles is 1. The molecule has 0 bridgehead atoms. The summed E-state index contributed by atoms with van der Waals surface area (Å²) in [5.41, 5.74) is -1.46. The van der Waals surface area contributed by atoms with Crippen molar-refractivity contribution in [2.75, 3.05) is 0 Å². The number of aromatic carboxylic acids is 1. The van der Waals surface area contributed by atoms with E-state index in [1.54, 1.807) is 6.07 Å². The van der Waals surface area contributed by atoms with Crippen LogP contribution in [0.15, 0.2) is 29.2 Å². The van der Waals surface area contributed by atoms with Gasteiger partial charge in [-0.05, 0) is 23.8 Å². The van der Waals surface area contributed by atoms with Gasteiger partial charge in [0, 0.05) is 11.8 Å². The van der Waals surface area contributed by atoms with Crippen molar-refractivity contribution < 1.29 is 14.3 Å². The van der Waals surface area contributed by atoms with Crippen LogP contribution < -0.4 is 5.43 Å². The molecule has 0 aliphatic heterocycles. The van der Waals surface area contributed by atoms with E-state index in [0.717, 1.165) is 18.3 Å². The van der Waals surface area contributed by atoms with Gasteiger partial charge in [0.15, 0.2) is 0 Å². The average Bonchev–Trinajstić information content (AvgIpc) is 2.37. The van der Waals surface area contributed by atoms with Crippen molar-refractivity contribution in [2.24, 2.45) is 0 Å². The number of benzene rings is 1. The van der Waals surface area contributed by atoms with Crippen LogP contribution in [0.5, 0.6) is 0 Å². The van der Waals surface area contributed by atoms with Crippen molar-refractivity contribution in [2.45, 2.75) is 0 Å². The van der Waals surface area contributed by atoms with Crippen LogP contribution in [0, 0.1) is 17.1 Å². The lowest BCUT2D eigenvalue weighted by atomic mass is 10.0. The van der Waals surface area contributed by atoms with Gasteiger partial charge in [0.1, 0.15) is 5.82 Å². The first-order valence-electron chi connectivity index (χ1n) is 5.05. The Bertz CT molecular complexity index is 762. The molecule has 1 aromatic heterocycles. The minimum absolute atomic E-state index is 0.0306. The number of H-pyrrole nitrogens is 1. The number of hydrogen-bond donors (Lipinski definition) is 2. The average molecular weight is 259 g/mol. The molecule has 0 atom stereocenters. The predicted octanol–water partition coefficient (Wildman–Crippen LogP) is 1.15. The molecule has 94 valence electrons. The smallest absolute Gasteiger partial charge is 0.360 e. The number of rotatable bonds is 2. The quantitative estimate of drug-likeness (QED) is 0.841. The maximum Gasteiger partial charge on any atom is 0.360 e. The number of carboxylic acids is 1. The van der Waals surface area contributed by atoms with Crippen LogP contribution in [0.3, 0.4) is 0 Å². The summed E-state index contributed by atoms with van der Waals surface area (Å²) in [5.74, 6) is -2.18. The van der Waals surface area contributed by atoms with Gasteiger partial charge in [0.05, 0.1) is 11.6 Å². The summed E-state index contributed by atoms with van der Waals surface area (Å²) in [5, 5.41) is 23.1. The monoisotopic (exact) mass is 259 g/mol. The van der Waals surface area contributed by atoms with Gasteiger partial charge in [-0.2, -0.15) is 10.4 Å². The molecule has 0 unspecified atom stereocenters. The maximum absolute atomic E-state index is 13.3. The number of carboxylic acid groups (broad SMARTS) is 1. The Morgan fingerprint density at radius 2 is 2.16 bits per heavy atom. The van der Waals surface area contributed by atoms with Crippen LogP contribution in [0.25, 0.3) is 11.1 Å². The Morgan fingerprint density at radius 3 is 2.79 bits per heavy atom. The van der Waals surface area contributed by atoms with Crippen molar-refractivity contribution in [1.29, 1.82) is 5.26 Å². The molecule has 0 aliphatic rings. The normalized spacial score (nSPS) is 9.89. The standard InChI is InChI=1S/C12H6FN3O3/c13-8-2-6(4-14)1-7(3-8)9-5-15-16-10(11(9)17)12(18)19/h1-3,5H,(H,15,17)(H,18,19). The highest BCUT2D eigenvalue weighted by Gasteiger charge is 2.15. The van der Waals surface area contributed by atoms with Gasteiger partial charge in [0.25, 0.3) is 0 Å². The topological polar surface area (TPSA) is 107 Å². The highest BCUT2D eigenvalue weighted by atomic mass is 19.1. The molecule has 2 rings (SSSR count). The Balaban J connectivity index is 2.70. The second-order valence-electron chi connectivity index (χ2n) is 3.62. The number of nitrogens with zero attached hydrogens (tertiary/aromatic N) is 2. The van der Waals surface area contributed by atoms with E-state index in [1.807, 2.05) is 0 Å². The second kappa shape index (κ2) is 4.70. The molecule has 0 saturated heterocycles. The van der Waals surface area contributed by atoms with E-state index < -0.39 is 22.9 Å². The van der Waals surface area contributed by atoms with Crippen molar-refractivity contribution in [3.8, 4) is 17.2 Å². The zero-order valence-corrected chi connectivity index (χ0v) is 9.35. The summed E-state index contributed by atoms with van der Waals surface area (Å²) in [6.45, 7) is 0. The van der Waals surface area contributed by atoms with Crippen molar-refractivity contribution in [1.82, 2.24) is 10.2 Å². The summed E-state index contributed by atoms with van der Waals surface area (Å²) in [6.07, 6.45) is 1.16. The Morgan fingerprint density at radius 1 is 1.42 bits per heavy atom. The zero-order chi connectivity index (χ0) is 14.0. The zero-order valence-electron chi connectivity index (χ0n) is 9.35. The minimum atomic E-state index is -1.49. The van der Waals surface area contributed by atoms with E-state index in [1.165, 1.54) is 6.07 Å². The van der Waals surface area contributed by atoms with Crippen LogP contribution in [-0.4, -0.2) is 21.3 Å². The third kappa shape index (κ3) is 2.32. The number of aromatic amines is 1. The first-order chi connectivity index (χ1) is 9.02. The SMILES string of the molecule is N#Cc1cc(F)cc(-c2c[nH]nc(C(=O)O)c2=O)c1. The largest absolute Gasteiger partial charge is 0.476 e. The number of carbonyl (C=O) groups is 1. The van der Waals surface area contributed by atoms with Crippen molar-refractivity contribution in [3.63, 3.8) is 0 Å². The van der Waals surface area contributed by atoms with E-state index in [-0.39, 0.29) is 16.7 Å². The molecule has 1 heterocycles. The van der Waals surface area contributed by atoms with E-state index in [2.05, 4.69) is 10.2 Å². The fraction of sp³-hybridized carbons (Fsp3) is 0. The highest BCUT2D eigenvalue weighted by molar-refractivity contribution is 5.86. The van der Waals surface area contributed by atoms with E-state index in [0.29, 0.717) is 0 Å². The third-order valence-corrected chi connectivity index (χ3v) is 2.39. The van der Waals surface area contributed by atoms with Crippen LogP contribution in [0.1, 0.15) is 16.1 Å². The molecule has 0 spiro atoms. The number of hydrogen-bond acceptors (Lipinski definition) is 4. The summed E-state index contributed by atoms with van der Waals surface area (Å²) in [6, 6.07) is 5.09. The van der Waals surface area contributed by atoms with Crippen molar-refractivity contribution >= 4 is 5.97 Å². The fourth-order valence-electron chi connectivity index (χ4n) is 1.57. The molecule has 1 aromatic carbocycles. The minimum Gasteiger partial charge on any atom is -0.476 e. The van der Waals surface area contributed by atoms with Gasteiger partial charge in [0.2, 0.25) is 11.1 Å². The third-order valence-electron chi connectivity index (χ3n) is 2.39. The van der Waals surface area contributed by atoms with E-state index in [4.69, 9.17) is 10.4 Å². The van der Waals surface area contributed by atoms with E-state index >= 15 is 0 Å². The highest BCUT2D eigenvalue weighted by Crippen LogP contribution is 2.18. The molecular formula is C12H6FN3O3. The van der Waals surface area contributed by atoms with Crippen molar-refractivity contribution in [3.05, 3.63) is 51.7 Å². The lowest BCUT2D eigenvalue weighted by Gasteiger charge is -2.02. The van der Waals surface area contributed by atoms with Gasteiger partial charge in [-0.25, -0.2) is 9.18 Å². The lowest BCUT2D eigenvalue weighted by Crippen LogP contribution is -2.19. The molecule has 6 nitrogen and oxygen atoms in total. The number of nitrogens with one attached hydrogen (secondary N) is 1. The number of halogens is 1. The summed E-state index contributed by atoms with van der Waals surface area (Å²) < 4.78 is 13.3. The van der Waals surface area contributed by atoms with Gasteiger partial charge in [-0.15, -0.1) is 0 Å². The maximum atomic E-state index is 13.3. The van der Waals surface area contributed by atoms with Gasteiger partial charge < -0.3 is 5.11 Å². The van der Waals surface area contributed by atoms with Crippen LogP contribution >= 0.6 is 0 Å². The summed E-state index contributed by atoms with van der Waals surface area (Å²) in [4.78, 5) is 22.6. The van der Waals surface area contributed by atoms with Crippen LogP contribution in [0.4, 0.5) is 4.39 Å². The van der Waals surface area contributed by atoms with Gasteiger partial charge >= 0.3 is 5.97 Å². The second-order valence-corrected chi connectivity index (χ2v) is 3.62. The Hall–Kier alpha value is -3.01. The first-order valence-corrected chi connectivity index (χ1v) is 5.05. The summed E-state index contributed by atoms with van der Waals surface area (Å²) >= 11 is 0. The molecule has 0 saturated carbocycles. The Kier molecular flexibility index (Phi) is 3.08. The molecular weight excluding hydrogens is 253 g/mol. The van der Waals surface area contributed by atoms with Gasteiger partial charge in [-0.1, -0.05) is 0 Å².